The Hall–Kier alpha value is -2.50. The van der Waals surface area contributed by atoms with Gasteiger partial charge in [0.1, 0.15) is 0 Å². The summed E-state index contributed by atoms with van der Waals surface area (Å²) >= 11 is 7.73. The van der Waals surface area contributed by atoms with Crippen LogP contribution in [0.2, 0.25) is 5.02 Å². The van der Waals surface area contributed by atoms with Crippen LogP contribution in [-0.4, -0.2) is 20.6 Å². The molecule has 28 heavy (non-hydrogen) atoms. The van der Waals surface area contributed by atoms with E-state index in [4.69, 9.17) is 11.6 Å². The van der Waals surface area contributed by atoms with Gasteiger partial charge in [-0.25, -0.2) is 0 Å². The Morgan fingerprint density at radius 2 is 1.93 bits per heavy atom. The van der Waals surface area contributed by atoms with Crippen LogP contribution in [0.3, 0.4) is 0 Å². The summed E-state index contributed by atoms with van der Waals surface area (Å²) in [5, 5.41) is 17.7. The Morgan fingerprint density at radius 1 is 1.07 bits per heavy atom. The van der Waals surface area contributed by atoms with Gasteiger partial charge < -0.3 is 0 Å². The molecule has 4 nitrogen and oxygen atoms in total. The van der Waals surface area contributed by atoms with Gasteiger partial charge >= 0.3 is 0 Å². The highest BCUT2D eigenvalue weighted by Crippen LogP contribution is 2.38. The number of nitrogens with one attached hydrogen (secondary N) is 1. The average Bonchev–Trinajstić information content (AvgIpc) is 3.38. The number of halogens is 1. The predicted octanol–water partition coefficient (Wildman–Crippen LogP) is 6.18. The molecule has 0 bridgehead atoms. The summed E-state index contributed by atoms with van der Waals surface area (Å²) in [4.78, 5) is 1.05. The summed E-state index contributed by atoms with van der Waals surface area (Å²) in [6.45, 7) is 2.23. The molecule has 2 aromatic carbocycles. The highest BCUT2D eigenvalue weighted by Gasteiger charge is 2.18. The van der Waals surface area contributed by atoms with Gasteiger partial charge in [0.2, 0.25) is 5.82 Å². The Kier molecular flexibility index (Phi) is 5.84. The molecule has 0 saturated heterocycles. The quantitative estimate of drug-likeness (QED) is 0.397. The first-order valence-electron chi connectivity index (χ1n) is 9.42. The zero-order chi connectivity index (χ0) is 19.3. The van der Waals surface area contributed by atoms with Crippen molar-refractivity contribution >= 4 is 22.9 Å². The minimum atomic E-state index is 0.641. The normalized spacial score (nSPS) is 11.1. The molecule has 0 amide bonds. The molecule has 0 unspecified atom stereocenters. The fourth-order valence-electron chi connectivity index (χ4n) is 3.33. The Morgan fingerprint density at radius 3 is 2.68 bits per heavy atom. The summed E-state index contributed by atoms with van der Waals surface area (Å²) in [5.41, 5.74) is 6.28. The molecule has 142 valence electrons. The highest BCUT2D eigenvalue weighted by atomic mass is 35.5. The second-order valence-electron chi connectivity index (χ2n) is 6.80. The molecular formula is C22H21ClN4S. The third-order valence-corrected chi connectivity index (χ3v) is 6.06. The topological polar surface area (TPSA) is 54.5 Å². The van der Waals surface area contributed by atoms with Crippen LogP contribution in [-0.2, 0) is 12.8 Å². The molecule has 0 fully saturated rings. The summed E-state index contributed by atoms with van der Waals surface area (Å²) < 4.78 is 0. The van der Waals surface area contributed by atoms with E-state index < -0.39 is 0 Å². The molecule has 6 heteroatoms. The first-order valence-corrected chi connectivity index (χ1v) is 10.7. The zero-order valence-electron chi connectivity index (χ0n) is 15.7. The lowest BCUT2D eigenvalue weighted by Crippen LogP contribution is -1.93. The number of nitrogens with zero attached hydrogens (tertiary/aromatic N) is 3. The molecular weight excluding hydrogens is 388 g/mol. The molecule has 0 atom stereocenters. The number of aromatic nitrogens is 4. The minimum absolute atomic E-state index is 0.641. The van der Waals surface area contributed by atoms with Crippen LogP contribution in [0.25, 0.3) is 21.8 Å². The van der Waals surface area contributed by atoms with Gasteiger partial charge in [-0.1, -0.05) is 61.3 Å². The number of thiophene rings is 1. The van der Waals surface area contributed by atoms with Gasteiger partial charge in [0, 0.05) is 5.02 Å². The van der Waals surface area contributed by atoms with Gasteiger partial charge in [-0.05, 0) is 69.8 Å². The molecule has 0 spiro atoms. The zero-order valence-corrected chi connectivity index (χ0v) is 17.2. The van der Waals surface area contributed by atoms with Crippen molar-refractivity contribution in [3.8, 4) is 21.8 Å². The van der Waals surface area contributed by atoms with Crippen molar-refractivity contribution in [3.05, 3.63) is 75.6 Å². The minimum Gasteiger partial charge on any atom is -0.177 e. The van der Waals surface area contributed by atoms with Gasteiger partial charge in [0.25, 0.3) is 0 Å². The van der Waals surface area contributed by atoms with Gasteiger partial charge in [-0.3, -0.25) is 0 Å². The molecule has 0 saturated carbocycles. The molecule has 2 aromatic heterocycles. The summed E-state index contributed by atoms with van der Waals surface area (Å²) in [6.07, 6.45) is 4.31. The van der Waals surface area contributed by atoms with E-state index in [2.05, 4.69) is 69.3 Å². The van der Waals surface area contributed by atoms with Gasteiger partial charge in [0.05, 0.1) is 4.88 Å². The lowest BCUT2D eigenvalue weighted by molar-refractivity contribution is 0.795. The largest absolute Gasteiger partial charge is 0.214 e. The Labute approximate surface area is 173 Å². The first kappa shape index (κ1) is 18.8. The van der Waals surface area contributed by atoms with Crippen molar-refractivity contribution < 1.29 is 0 Å². The van der Waals surface area contributed by atoms with E-state index >= 15 is 0 Å². The molecule has 0 aliphatic heterocycles. The molecule has 2 heterocycles. The molecule has 4 aromatic rings. The third kappa shape index (κ3) is 4.16. The first-order chi connectivity index (χ1) is 13.7. The molecule has 1 N–H and O–H groups in total. The number of rotatable bonds is 7. The smallest absolute Gasteiger partial charge is 0.177 e. The number of H-pyrrole nitrogens is 1. The summed E-state index contributed by atoms with van der Waals surface area (Å²) in [7, 11) is 0. The SMILES string of the molecule is CCCCc1cccc(-c2csc(-c3nn[nH]n3)c2Cc2ccc(Cl)cc2)c1. The fraction of sp³-hybridized carbons (Fsp3) is 0.227. The van der Waals surface area contributed by atoms with Crippen LogP contribution in [0.5, 0.6) is 0 Å². The lowest BCUT2D eigenvalue weighted by Gasteiger charge is -2.09. The second kappa shape index (κ2) is 8.67. The maximum Gasteiger partial charge on any atom is 0.214 e. The number of aryl methyl sites for hydroxylation is 1. The van der Waals surface area contributed by atoms with E-state index in [-0.39, 0.29) is 0 Å². The van der Waals surface area contributed by atoms with Crippen LogP contribution in [0.15, 0.2) is 53.9 Å². The van der Waals surface area contributed by atoms with Crippen LogP contribution in [0.1, 0.15) is 36.5 Å². The van der Waals surface area contributed by atoms with Gasteiger partial charge in [-0.2, -0.15) is 5.21 Å². The second-order valence-corrected chi connectivity index (χ2v) is 8.12. The van der Waals surface area contributed by atoms with Crippen LogP contribution >= 0.6 is 22.9 Å². The van der Waals surface area contributed by atoms with Gasteiger partial charge in [0.15, 0.2) is 0 Å². The molecule has 0 radical (unpaired) electrons. The van der Waals surface area contributed by atoms with E-state index in [0.717, 1.165) is 22.7 Å². The Bertz CT molecular complexity index is 1040. The standard InChI is InChI=1S/C22H21ClN4S/c1-2-3-5-15-6-4-7-17(12-15)20-14-28-21(22-24-26-27-25-22)19(20)13-16-8-10-18(23)11-9-16/h4,6-12,14H,2-3,5,13H2,1H3,(H,24,25,26,27). The maximum atomic E-state index is 6.06. The number of benzene rings is 2. The van der Waals surface area contributed by atoms with Crippen molar-refractivity contribution in [2.24, 2.45) is 0 Å². The number of aromatic amines is 1. The monoisotopic (exact) mass is 408 g/mol. The van der Waals surface area contributed by atoms with Crippen LogP contribution < -0.4 is 0 Å². The summed E-state index contributed by atoms with van der Waals surface area (Å²) in [6, 6.07) is 16.9. The van der Waals surface area contributed by atoms with Crippen LogP contribution in [0, 0.1) is 0 Å². The van der Waals surface area contributed by atoms with E-state index in [9.17, 15) is 0 Å². The van der Waals surface area contributed by atoms with Crippen LogP contribution in [0.4, 0.5) is 0 Å². The van der Waals surface area contributed by atoms with Crippen molar-refractivity contribution in [3.63, 3.8) is 0 Å². The maximum absolute atomic E-state index is 6.06. The van der Waals surface area contributed by atoms with Crippen molar-refractivity contribution in [1.82, 2.24) is 20.6 Å². The highest BCUT2D eigenvalue weighted by molar-refractivity contribution is 7.14. The predicted molar refractivity (Wildman–Crippen MR) is 116 cm³/mol. The van der Waals surface area contributed by atoms with Gasteiger partial charge in [-0.15, -0.1) is 21.5 Å². The number of hydrogen-bond donors (Lipinski definition) is 1. The van der Waals surface area contributed by atoms with E-state index in [1.807, 2.05) is 12.1 Å². The fourth-order valence-corrected chi connectivity index (χ4v) is 4.48. The average molecular weight is 409 g/mol. The van der Waals surface area contributed by atoms with E-state index in [1.165, 1.54) is 40.7 Å². The summed E-state index contributed by atoms with van der Waals surface area (Å²) in [5.74, 6) is 0.641. The number of hydrogen-bond acceptors (Lipinski definition) is 4. The third-order valence-electron chi connectivity index (χ3n) is 4.79. The van der Waals surface area contributed by atoms with Crippen molar-refractivity contribution in [2.45, 2.75) is 32.6 Å². The van der Waals surface area contributed by atoms with E-state index in [1.54, 1.807) is 11.3 Å². The number of unbranched alkanes of at least 4 members (excludes halogenated alkanes) is 1. The lowest BCUT2D eigenvalue weighted by atomic mass is 9.95. The van der Waals surface area contributed by atoms with Crippen molar-refractivity contribution in [1.29, 1.82) is 0 Å². The molecule has 4 rings (SSSR count). The number of tetrazole rings is 1. The molecule has 0 aliphatic carbocycles. The molecule has 0 aliphatic rings. The van der Waals surface area contributed by atoms with Crippen molar-refractivity contribution in [2.75, 3.05) is 0 Å². The van der Waals surface area contributed by atoms with E-state index in [0.29, 0.717) is 5.82 Å². The Balaban J connectivity index is 1.76.